The van der Waals surface area contributed by atoms with E-state index in [2.05, 4.69) is 10.3 Å². The number of carbonyl (C=O) groups excluding carboxylic acids is 1. The van der Waals surface area contributed by atoms with Crippen LogP contribution in [0, 0.1) is 0 Å². The summed E-state index contributed by atoms with van der Waals surface area (Å²) in [7, 11) is -3.43. The first kappa shape index (κ1) is 14.0. The standard InChI is InChI=1S/C12H17N3O3S/c1-10-12(16)14-7-8-15(10)19(17,18)9-5-11-4-2-3-6-13-11/h2-4,6,10H,5,7-9H2,1H3,(H,14,16). The van der Waals surface area contributed by atoms with Crippen LogP contribution in [-0.4, -0.2) is 48.5 Å². The van der Waals surface area contributed by atoms with Gasteiger partial charge in [0.1, 0.15) is 6.04 Å². The molecule has 1 atom stereocenters. The van der Waals surface area contributed by atoms with Gasteiger partial charge in [-0.2, -0.15) is 4.31 Å². The van der Waals surface area contributed by atoms with Crippen molar-refractivity contribution >= 4 is 15.9 Å². The Kier molecular flexibility index (Phi) is 4.16. The summed E-state index contributed by atoms with van der Waals surface area (Å²) in [5, 5.41) is 2.65. The van der Waals surface area contributed by atoms with E-state index in [1.807, 2.05) is 6.07 Å². The minimum atomic E-state index is -3.43. The van der Waals surface area contributed by atoms with Gasteiger partial charge in [0, 0.05) is 31.4 Å². The van der Waals surface area contributed by atoms with Crippen molar-refractivity contribution in [3.05, 3.63) is 30.1 Å². The fourth-order valence-corrected chi connectivity index (χ4v) is 3.69. The summed E-state index contributed by atoms with van der Waals surface area (Å²) < 4.78 is 25.7. The zero-order chi connectivity index (χ0) is 13.9. The SMILES string of the molecule is CC1C(=O)NCCN1S(=O)(=O)CCc1ccccn1. The van der Waals surface area contributed by atoms with Crippen molar-refractivity contribution in [3.63, 3.8) is 0 Å². The molecule has 1 N–H and O–H groups in total. The highest BCUT2D eigenvalue weighted by molar-refractivity contribution is 7.89. The van der Waals surface area contributed by atoms with Gasteiger partial charge in [-0.3, -0.25) is 9.78 Å². The van der Waals surface area contributed by atoms with Gasteiger partial charge in [-0.25, -0.2) is 8.42 Å². The summed E-state index contributed by atoms with van der Waals surface area (Å²) in [5.41, 5.74) is 0.736. The number of amides is 1. The summed E-state index contributed by atoms with van der Waals surface area (Å²) in [4.78, 5) is 15.6. The monoisotopic (exact) mass is 283 g/mol. The molecule has 0 aromatic carbocycles. The number of pyridine rings is 1. The zero-order valence-corrected chi connectivity index (χ0v) is 11.6. The van der Waals surface area contributed by atoms with Gasteiger partial charge in [-0.15, -0.1) is 0 Å². The van der Waals surface area contributed by atoms with Crippen molar-refractivity contribution in [1.29, 1.82) is 0 Å². The van der Waals surface area contributed by atoms with Crippen molar-refractivity contribution < 1.29 is 13.2 Å². The van der Waals surface area contributed by atoms with Crippen molar-refractivity contribution in [2.75, 3.05) is 18.8 Å². The highest BCUT2D eigenvalue weighted by Crippen LogP contribution is 2.12. The highest BCUT2D eigenvalue weighted by atomic mass is 32.2. The van der Waals surface area contributed by atoms with Crippen LogP contribution in [0.25, 0.3) is 0 Å². The Labute approximate surface area is 112 Å². The quantitative estimate of drug-likeness (QED) is 0.828. The van der Waals surface area contributed by atoms with Crippen LogP contribution in [-0.2, 0) is 21.2 Å². The van der Waals surface area contributed by atoms with Gasteiger partial charge in [0.2, 0.25) is 15.9 Å². The van der Waals surface area contributed by atoms with Gasteiger partial charge in [0.25, 0.3) is 0 Å². The first-order valence-electron chi connectivity index (χ1n) is 6.18. The molecule has 0 aliphatic carbocycles. The fourth-order valence-electron chi connectivity index (χ4n) is 2.04. The summed E-state index contributed by atoms with van der Waals surface area (Å²) in [5.74, 6) is -0.269. The Morgan fingerprint density at radius 3 is 2.95 bits per heavy atom. The van der Waals surface area contributed by atoms with Gasteiger partial charge in [-0.05, 0) is 19.1 Å². The van der Waals surface area contributed by atoms with E-state index in [0.717, 1.165) is 5.69 Å². The molecule has 0 saturated carbocycles. The number of nitrogens with one attached hydrogen (secondary N) is 1. The van der Waals surface area contributed by atoms with Crippen molar-refractivity contribution in [2.45, 2.75) is 19.4 Å². The maximum absolute atomic E-state index is 12.2. The normalized spacial score (nSPS) is 21.1. The van der Waals surface area contributed by atoms with Gasteiger partial charge >= 0.3 is 0 Å². The van der Waals surface area contributed by atoms with Crippen LogP contribution in [0.3, 0.4) is 0 Å². The Balaban J connectivity index is 2.04. The van der Waals surface area contributed by atoms with E-state index in [9.17, 15) is 13.2 Å². The molecule has 1 aliphatic heterocycles. The second-order valence-corrected chi connectivity index (χ2v) is 6.51. The molecule has 104 valence electrons. The molecule has 0 bridgehead atoms. The Hall–Kier alpha value is -1.47. The van der Waals surface area contributed by atoms with Crippen LogP contribution >= 0.6 is 0 Å². The van der Waals surface area contributed by atoms with Gasteiger partial charge in [0.15, 0.2) is 0 Å². The van der Waals surface area contributed by atoms with E-state index >= 15 is 0 Å². The molecule has 1 aliphatic rings. The lowest BCUT2D eigenvalue weighted by Gasteiger charge is -2.31. The third-order valence-corrected chi connectivity index (χ3v) is 5.08. The predicted octanol–water partition coefficient (Wildman–Crippen LogP) is -0.226. The number of carbonyl (C=O) groups is 1. The minimum absolute atomic E-state index is 0.0262. The molecular formula is C12H17N3O3S. The molecule has 1 amide bonds. The first-order valence-corrected chi connectivity index (χ1v) is 7.79. The average molecular weight is 283 g/mol. The van der Waals surface area contributed by atoms with Crippen LogP contribution in [0.4, 0.5) is 0 Å². The van der Waals surface area contributed by atoms with E-state index in [1.54, 1.807) is 25.3 Å². The predicted molar refractivity (Wildman–Crippen MR) is 70.9 cm³/mol. The molecule has 1 saturated heterocycles. The average Bonchev–Trinajstić information content (AvgIpc) is 2.41. The van der Waals surface area contributed by atoms with E-state index in [-0.39, 0.29) is 11.7 Å². The molecule has 1 aromatic rings. The second kappa shape index (κ2) is 5.66. The van der Waals surface area contributed by atoms with Crippen LogP contribution in [0.2, 0.25) is 0 Å². The van der Waals surface area contributed by atoms with Crippen LogP contribution in [0.5, 0.6) is 0 Å². The van der Waals surface area contributed by atoms with Gasteiger partial charge in [-0.1, -0.05) is 6.07 Å². The summed E-state index contributed by atoms with van der Waals surface area (Å²) in [6.07, 6.45) is 1.99. The lowest BCUT2D eigenvalue weighted by molar-refractivity contribution is -0.126. The van der Waals surface area contributed by atoms with Gasteiger partial charge in [0.05, 0.1) is 5.75 Å². The number of hydrogen-bond acceptors (Lipinski definition) is 4. The van der Waals surface area contributed by atoms with Gasteiger partial charge < -0.3 is 5.32 Å². The van der Waals surface area contributed by atoms with Crippen LogP contribution < -0.4 is 5.32 Å². The molecule has 2 heterocycles. The first-order chi connectivity index (χ1) is 9.00. The van der Waals surface area contributed by atoms with Crippen molar-refractivity contribution in [3.8, 4) is 0 Å². The molecule has 1 fully saturated rings. The third kappa shape index (κ3) is 3.30. The number of hydrogen-bond donors (Lipinski definition) is 1. The molecule has 0 radical (unpaired) electrons. The maximum atomic E-state index is 12.2. The Morgan fingerprint density at radius 1 is 1.47 bits per heavy atom. The number of rotatable bonds is 4. The molecule has 19 heavy (non-hydrogen) atoms. The Bertz CT molecular complexity index is 545. The second-order valence-electron chi connectivity index (χ2n) is 4.46. The number of sulfonamides is 1. The Morgan fingerprint density at radius 2 is 2.26 bits per heavy atom. The molecule has 2 rings (SSSR count). The van der Waals surface area contributed by atoms with E-state index in [0.29, 0.717) is 19.5 Å². The highest BCUT2D eigenvalue weighted by Gasteiger charge is 2.33. The van der Waals surface area contributed by atoms with E-state index < -0.39 is 16.1 Å². The summed E-state index contributed by atoms with van der Waals surface area (Å²) in [6, 6.07) is 4.77. The zero-order valence-electron chi connectivity index (χ0n) is 10.7. The summed E-state index contributed by atoms with van der Waals surface area (Å²) in [6.45, 7) is 2.30. The topological polar surface area (TPSA) is 79.4 Å². The molecule has 0 spiro atoms. The summed E-state index contributed by atoms with van der Waals surface area (Å²) >= 11 is 0. The lowest BCUT2D eigenvalue weighted by Crippen LogP contribution is -2.56. The number of aromatic nitrogens is 1. The minimum Gasteiger partial charge on any atom is -0.353 e. The maximum Gasteiger partial charge on any atom is 0.238 e. The largest absolute Gasteiger partial charge is 0.353 e. The lowest BCUT2D eigenvalue weighted by atomic mass is 10.2. The van der Waals surface area contributed by atoms with Crippen LogP contribution in [0.1, 0.15) is 12.6 Å². The third-order valence-electron chi connectivity index (χ3n) is 3.14. The number of nitrogens with zero attached hydrogens (tertiary/aromatic N) is 2. The smallest absolute Gasteiger partial charge is 0.238 e. The van der Waals surface area contributed by atoms with E-state index in [4.69, 9.17) is 0 Å². The molecular weight excluding hydrogens is 266 g/mol. The number of aryl methyl sites for hydroxylation is 1. The van der Waals surface area contributed by atoms with Crippen molar-refractivity contribution in [2.24, 2.45) is 0 Å². The molecule has 1 unspecified atom stereocenters. The fraction of sp³-hybridized carbons (Fsp3) is 0.500. The number of piperazine rings is 1. The molecule has 7 heteroatoms. The van der Waals surface area contributed by atoms with Crippen molar-refractivity contribution in [1.82, 2.24) is 14.6 Å². The molecule has 1 aromatic heterocycles. The molecule has 6 nitrogen and oxygen atoms in total. The van der Waals surface area contributed by atoms with Crippen LogP contribution in [0.15, 0.2) is 24.4 Å². The van der Waals surface area contributed by atoms with E-state index in [1.165, 1.54) is 4.31 Å².